The number of esters is 1. The molecule has 0 aromatic carbocycles. The SMILES string of the molecule is CCCCNc1sc(C(=O)C(C)C)c(N)c1C(=O)OCC. The second kappa shape index (κ2) is 8.02. The number of Topliss-reactive ketones (excluding diaryl/α,β-unsaturated/α-hetero) is 1. The monoisotopic (exact) mass is 312 g/mol. The van der Waals surface area contributed by atoms with E-state index in [2.05, 4.69) is 12.2 Å². The van der Waals surface area contributed by atoms with Crippen LogP contribution < -0.4 is 11.1 Å². The Hall–Kier alpha value is -1.56. The van der Waals surface area contributed by atoms with Crippen molar-refractivity contribution in [2.24, 2.45) is 5.92 Å². The van der Waals surface area contributed by atoms with E-state index >= 15 is 0 Å². The van der Waals surface area contributed by atoms with Crippen molar-refractivity contribution in [3.8, 4) is 0 Å². The van der Waals surface area contributed by atoms with Crippen LogP contribution in [0.2, 0.25) is 0 Å². The Morgan fingerprint density at radius 1 is 1.33 bits per heavy atom. The molecule has 0 saturated heterocycles. The summed E-state index contributed by atoms with van der Waals surface area (Å²) in [7, 11) is 0. The molecule has 6 heteroatoms. The number of nitrogens with two attached hydrogens (primary N) is 1. The van der Waals surface area contributed by atoms with Gasteiger partial charge in [0.2, 0.25) is 0 Å². The summed E-state index contributed by atoms with van der Waals surface area (Å²) in [5, 5.41) is 3.82. The molecule has 1 aromatic rings. The van der Waals surface area contributed by atoms with E-state index in [-0.39, 0.29) is 24.0 Å². The Morgan fingerprint density at radius 2 is 2.00 bits per heavy atom. The lowest BCUT2D eigenvalue weighted by atomic mass is 10.1. The zero-order valence-corrected chi connectivity index (χ0v) is 13.9. The summed E-state index contributed by atoms with van der Waals surface area (Å²) in [5.41, 5.74) is 6.55. The number of thiophene rings is 1. The number of rotatable bonds is 8. The first-order chi connectivity index (χ1) is 9.93. The predicted octanol–water partition coefficient (Wildman–Crippen LogP) is 3.56. The Kier molecular flexibility index (Phi) is 6.68. The maximum atomic E-state index is 12.2. The number of carbonyl (C=O) groups excluding carboxylic acids is 2. The number of ether oxygens (including phenoxy) is 1. The van der Waals surface area contributed by atoms with Crippen molar-refractivity contribution in [3.63, 3.8) is 0 Å². The van der Waals surface area contributed by atoms with Crippen molar-refractivity contribution in [2.45, 2.75) is 40.5 Å². The van der Waals surface area contributed by atoms with Crippen molar-refractivity contribution in [3.05, 3.63) is 10.4 Å². The first kappa shape index (κ1) is 17.5. The number of nitrogen functional groups attached to an aromatic ring is 1. The molecule has 1 heterocycles. The lowest BCUT2D eigenvalue weighted by Gasteiger charge is -2.07. The first-order valence-corrected chi connectivity index (χ1v) is 8.13. The van der Waals surface area contributed by atoms with Gasteiger partial charge in [-0.15, -0.1) is 11.3 Å². The van der Waals surface area contributed by atoms with Crippen LogP contribution in [0.25, 0.3) is 0 Å². The van der Waals surface area contributed by atoms with Gasteiger partial charge in [-0.25, -0.2) is 4.79 Å². The molecule has 1 rings (SSSR count). The highest BCUT2D eigenvalue weighted by atomic mass is 32.1. The van der Waals surface area contributed by atoms with E-state index in [1.54, 1.807) is 6.92 Å². The third-order valence-corrected chi connectivity index (χ3v) is 4.17. The van der Waals surface area contributed by atoms with Crippen LogP contribution in [0, 0.1) is 5.92 Å². The summed E-state index contributed by atoms with van der Waals surface area (Å²) in [4.78, 5) is 24.7. The number of anilines is 2. The smallest absolute Gasteiger partial charge is 0.343 e. The Balaban J connectivity index is 3.16. The van der Waals surface area contributed by atoms with Crippen LogP contribution in [0.1, 0.15) is 60.6 Å². The Morgan fingerprint density at radius 3 is 2.52 bits per heavy atom. The minimum atomic E-state index is -0.479. The third-order valence-electron chi connectivity index (χ3n) is 2.99. The summed E-state index contributed by atoms with van der Waals surface area (Å²) in [6, 6.07) is 0. The zero-order valence-electron chi connectivity index (χ0n) is 13.1. The van der Waals surface area contributed by atoms with Gasteiger partial charge in [0.05, 0.1) is 17.2 Å². The molecule has 0 radical (unpaired) electrons. The predicted molar refractivity (Wildman–Crippen MR) is 87.3 cm³/mol. The van der Waals surface area contributed by atoms with Crippen LogP contribution in [-0.2, 0) is 4.74 Å². The molecular formula is C15H24N2O3S. The topological polar surface area (TPSA) is 81.4 Å². The lowest BCUT2D eigenvalue weighted by molar-refractivity contribution is 0.0529. The minimum Gasteiger partial charge on any atom is -0.462 e. The normalized spacial score (nSPS) is 10.7. The summed E-state index contributed by atoms with van der Waals surface area (Å²) in [6.45, 7) is 8.47. The number of hydrogen-bond donors (Lipinski definition) is 2. The molecule has 5 nitrogen and oxygen atoms in total. The van der Waals surface area contributed by atoms with Gasteiger partial charge in [0.1, 0.15) is 10.6 Å². The fourth-order valence-electron chi connectivity index (χ4n) is 1.80. The van der Waals surface area contributed by atoms with Gasteiger partial charge in [0.15, 0.2) is 5.78 Å². The van der Waals surface area contributed by atoms with Gasteiger partial charge in [-0.1, -0.05) is 27.2 Å². The maximum absolute atomic E-state index is 12.2. The van der Waals surface area contributed by atoms with Crippen molar-refractivity contribution >= 4 is 33.8 Å². The number of nitrogens with one attached hydrogen (secondary N) is 1. The van der Waals surface area contributed by atoms with Crippen molar-refractivity contribution in [1.82, 2.24) is 0 Å². The molecule has 0 atom stereocenters. The van der Waals surface area contributed by atoms with E-state index in [1.165, 1.54) is 11.3 Å². The molecule has 0 unspecified atom stereocenters. The molecule has 0 spiro atoms. The van der Waals surface area contributed by atoms with Crippen LogP contribution in [-0.4, -0.2) is 24.9 Å². The molecule has 21 heavy (non-hydrogen) atoms. The summed E-state index contributed by atoms with van der Waals surface area (Å²) in [5.74, 6) is -0.691. The molecule has 0 bridgehead atoms. The number of ketones is 1. The molecule has 1 aromatic heterocycles. The highest BCUT2D eigenvalue weighted by Crippen LogP contribution is 2.37. The van der Waals surface area contributed by atoms with Gasteiger partial charge in [-0.2, -0.15) is 0 Å². The maximum Gasteiger partial charge on any atom is 0.343 e. The van der Waals surface area contributed by atoms with Crippen molar-refractivity contribution in [1.29, 1.82) is 0 Å². The number of hydrogen-bond acceptors (Lipinski definition) is 6. The molecule has 0 aliphatic heterocycles. The van der Waals surface area contributed by atoms with Gasteiger partial charge in [-0.3, -0.25) is 4.79 Å². The first-order valence-electron chi connectivity index (χ1n) is 7.31. The Bertz CT molecular complexity index is 509. The van der Waals surface area contributed by atoms with E-state index in [1.807, 2.05) is 13.8 Å². The van der Waals surface area contributed by atoms with Crippen LogP contribution in [0.5, 0.6) is 0 Å². The van der Waals surface area contributed by atoms with Crippen molar-refractivity contribution < 1.29 is 14.3 Å². The highest BCUT2D eigenvalue weighted by Gasteiger charge is 2.27. The number of unbranched alkanes of at least 4 members (excludes halogenated alkanes) is 1. The van der Waals surface area contributed by atoms with Crippen LogP contribution >= 0.6 is 11.3 Å². The highest BCUT2D eigenvalue weighted by molar-refractivity contribution is 7.19. The van der Waals surface area contributed by atoms with E-state index in [9.17, 15) is 9.59 Å². The molecule has 3 N–H and O–H groups in total. The number of carbonyl (C=O) groups is 2. The van der Waals surface area contributed by atoms with Gasteiger partial charge in [-0.05, 0) is 13.3 Å². The fourth-order valence-corrected chi connectivity index (χ4v) is 3.02. The average molecular weight is 312 g/mol. The lowest BCUT2D eigenvalue weighted by Crippen LogP contribution is -2.12. The average Bonchev–Trinajstić information content (AvgIpc) is 2.75. The van der Waals surface area contributed by atoms with Crippen LogP contribution in [0.15, 0.2) is 0 Å². The summed E-state index contributed by atoms with van der Waals surface area (Å²) >= 11 is 1.24. The van der Waals surface area contributed by atoms with E-state index in [0.717, 1.165) is 19.4 Å². The van der Waals surface area contributed by atoms with E-state index in [0.29, 0.717) is 15.4 Å². The largest absolute Gasteiger partial charge is 0.462 e. The molecule has 0 saturated carbocycles. The quantitative estimate of drug-likeness (QED) is 0.436. The van der Waals surface area contributed by atoms with Crippen molar-refractivity contribution in [2.75, 3.05) is 24.2 Å². The summed E-state index contributed by atoms with van der Waals surface area (Å²) < 4.78 is 5.05. The molecule has 0 fully saturated rings. The second-order valence-corrected chi connectivity index (χ2v) is 6.09. The van der Waals surface area contributed by atoms with Gasteiger partial charge in [0.25, 0.3) is 0 Å². The Labute approximate surface area is 129 Å². The molecule has 0 aliphatic carbocycles. The fraction of sp³-hybridized carbons (Fsp3) is 0.600. The molecule has 0 amide bonds. The van der Waals surface area contributed by atoms with Gasteiger partial charge < -0.3 is 15.8 Å². The van der Waals surface area contributed by atoms with E-state index < -0.39 is 5.97 Å². The second-order valence-electron chi connectivity index (χ2n) is 5.07. The third kappa shape index (κ3) is 4.20. The zero-order chi connectivity index (χ0) is 16.0. The summed E-state index contributed by atoms with van der Waals surface area (Å²) in [6.07, 6.45) is 2.02. The molecule has 118 valence electrons. The van der Waals surface area contributed by atoms with Crippen LogP contribution in [0.4, 0.5) is 10.7 Å². The van der Waals surface area contributed by atoms with Gasteiger partial charge in [0, 0.05) is 12.5 Å². The van der Waals surface area contributed by atoms with Gasteiger partial charge >= 0.3 is 5.97 Å². The minimum absolute atomic E-state index is 0.0495. The van der Waals surface area contributed by atoms with E-state index in [4.69, 9.17) is 10.5 Å². The van der Waals surface area contributed by atoms with Crippen LogP contribution in [0.3, 0.4) is 0 Å². The molecular weight excluding hydrogens is 288 g/mol. The standard InChI is InChI=1S/C15H24N2O3S/c1-5-7-8-17-14-10(15(19)20-6-2)11(16)13(21-14)12(18)9(3)4/h9,17H,5-8,16H2,1-4H3. The molecule has 0 aliphatic rings.